The van der Waals surface area contributed by atoms with Gasteiger partial charge in [0.2, 0.25) is 27.8 Å². The molecule has 314 valence electrons. The second kappa shape index (κ2) is 15.0. The van der Waals surface area contributed by atoms with Crippen LogP contribution in [0.5, 0.6) is 5.75 Å². The Bertz CT molecular complexity index is 2140. The van der Waals surface area contributed by atoms with Crippen molar-refractivity contribution in [2.24, 2.45) is 5.92 Å². The van der Waals surface area contributed by atoms with Crippen molar-refractivity contribution in [2.45, 2.75) is 157 Å². The Hall–Kier alpha value is -4.34. The number of rotatable bonds is 5. The molecule has 2 aromatic rings. The molecule has 1 spiro atoms. The van der Waals surface area contributed by atoms with Crippen LogP contribution in [0.25, 0.3) is 10.9 Å². The van der Waals surface area contributed by atoms with E-state index in [2.05, 4.69) is 15.4 Å². The highest BCUT2D eigenvalue weighted by molar-refractivity contribution is 7.91. The predicted octanol–water partition coefficient (Wildman–Crippen LogP) is 5.66. The first-order valence-corrected chi connectivity index (χ1v) is 22.3. The minimum Gasteiger partial charge on any atom is -0.483 e. The SMILES string of the molecule is Cc1nc2ccccc2c2c1OC1(CC2)CC2C(=O)NC3(C(=O)NS(=O)(=O)C4(C)CC4)CCC3C=CCCCCCC(NC(=O)OC3CCC(F)(F)CC3)C(=O)N2C1. The number of aromatic nitrogens is 1. The molecule has 4 heterocycles. The normalized spacial score (nSPS) is 31.0. The molecule has 1 saturated heterocycles. The molecule has 6 aliphatic rings. The number of ether oxygens (including phenoxy) is 2. The van der Waals surface area contributed by atoms with Crippen molar-refractivity contribution < 1.29 is 45.9 Å². The van der Waals surface area contributed by atoms with Gasteiger partial charge < -0.3 is 25.0 Å². The van der Waals surface area contributed by atoms with Gasteiger partial charge in [0.15, 0.2) is 0 Å². The number of carbonyl (C=O) groups is 4. The maximum Gasteiger partial charge on any atom is 0.408 e. The summed E-state index contributed by atoms with van der Waals surface area (Å²) in [6, 6.07) is 5.53. The van der Waals surface area contributed by atoms with E-state index < -0.39 is 92.6 Å². The maximum absolute atomic E-state index is 14.9. The highest BCUT2D eigenvalue weighted by Gasteiger charge is 2.59. The summed E-state index contributed by atoms with van der Waals surface area (Å²) >= 11 is 0. The highest BCUT2D eigenvalue weighted by Crippen LogP contribution is 2.47. The van der Waals surface area contributed by atoms with Gasteiger partial charge >= 0.3 is 6.09 Å². The standard InChI is InChI=1S/C42H53F2N5O8S/c1-26-34-30(29-11-8-9-12-31(29)45-26)17-18-40(57-34)24-33-35(50)47-42(37(52)48-58(54,55)39(2)22-23-39)21-14-27(42)10-6-4-3-5-7-13-32(36(51)49(33)25-40)46-38(53)56-28-15-19-41(43,44)20-16-28/h6,8-12,27-28,32-33H,3-5,7,13-25H2,1-2H3,(H,46,53)(H,47,50)(H,48,52). The molecule has 4 amide bonds. The number of alkyl halides is 2. The number of fused-ring (bicyclic) bond motifs is 5. The number of aryl methyl sites for hydroxylation is 2. The van der Waals surface area contributed by atoms with Gasteiger partial charge in [-0.25, -0.2) is 27.0 Å². The molecule has 8 rings (SSSR count). The number of para-hydroxylation sites is 1. The molecule has 13 nitrogen and oxygen atoms in total. The van der Waals surface area contributed by atoms with E-state index >= 15 is 0 Å². The average molecular weight is 826 g/mol. The van der Waals surface area contributed by atoms with Crippen LogP contribution in [0.2, 0.25) is 0 Å². The molecule has 16 heteroatoms. The van der Waals surface area contributed by atoms with Gasteiger partial charge in [-0.05, 0) is 90.5 Å². The fourth-order valence-electron chi connectivity index (χ4n) is 9.47. The molecular formula is C42H53F2N5O8S. The minimum atomic E-state index is -4.03. The molecule has 0 bridgehead atoms. The Kier molecular flexibility index (Phi) is 10.5. The molecule has 4 fully saturated rings. The van der Waals surface area contributed by atoms with Crippen LogP contribution in [0.15, 0.2) is 36.4 Å². The van der Waals surface area contributed by atoms with Crippen molar-refractivity contribution in [2.75, 3.05) is 6.54 Å². The lowest BCUT2D eigenvalue weighted by Gasteiger charge is -2.48. The minimum absolute atomic E-state index is 0.00266. The zero-order valence-corrected chi connectivity index (χ0v) is 33.9. The number of nitrogens with one attached hydrogen (secondary N) is 3. The Morgan fingerprint density at radius 2 is 1.76 bits per heavy atom. The van der Waals surface area contributed by atoms with Crippen LogP contribution in [-0.2, 0) is 35.6 Å². The Morgan fingerprint density at radius 3 is 2.48 bits per heavy atom. The van der Waals surface area contributed by atoms with E-state index in [0.717, 1.165) is 22.9 Å². The molecule has 3 aliphatic heterocycles. The summed E-state index contributed by atoms with van der Waals surface area (Å²) in [5.74, 6) is -4.66. The fraction of sp³-hybridized carbons (Fsp3) is 0.643. The van der Waals surface area contributed by atoms with Crippen LogP contribution < -0.4 is 20.1 Å². The van der Waals surface area contributed by atoms with Crippen molar-refractivity contribution in [1.82, 2.24) is 25.2 Å². The number of pyridine rings is 1. The van der Waals surface area contributed by atoms with Gasteiger partial charge in [0.1, 0.15) is 35.1 Å². The molecule has 1 aromatic heterocycles. The number of sulfonamides is 1. The molecule has 3 aliphatic carbocycles. The smallest absolute Gasteiger partial charge is 0.408 e. The van der Waals surface area contributed by atoms with Gasteiger partial charge in [-0.3, -0.25) is 19.1 Å². The Labute approximate surface area is 337 Å². The summed E-state index contributed by atoms with van der Waals surface area (Å²) in [6.07, 6.45) is 7.05. The molecule has 58 heavy (non-hydrogen) atoms. The first kappa shape index (κ1) is 40.4. The number of amides is 4. The second-order valence-electron chi connectivity index (χ2n) is 17.7. The van der Waals surface area contributed by atoms with E-state index in [4.69, 9.17) is 14.5 Å². The van der Waals surface area contributed by atoms with Crippen LogP contribution >= 0.6 is 0 Å². The molecule has 3 N–H and O–H groups in total. The molecule has 3 saturated carbocycles. The largest absolute Gasteiger partial charge is 0.483 e. The van der Waals surface area contributed by atoms with Crippen LogP contribution in [-0.4, -0.2) is 88.7 Å². The molecule has 1 aromatic carbocycles. The Morgan fingerprint density at radius 1 is 1.00 bits per heavy atom. The van der Waals surface area contributed by atoms with Gasteiger partial charge in [-0.2, -0.15) is 0 Å². The highest BCUT2D eigenvalue weighted by atomic mass is 32.2. The molecule has 0 radical (unpaired) electrons. The molecule has 5 unspecified atom stereocenters. The number of alkyl carbamates (subject to hydrolysis) is 1. The number of hydrogen-bond acceptors (Lipinski definition) is 9. The first-order valence-electron chi connectivity index (χ1n) is 20.8. The number of hydrogen-bond donors (Lipinski definition) is 3. The number of carbonyl (C=O) groups excluding carboxylic acids is 4. The number of halogens is 2. The summed E-state index contributed by atoms with van der Waals surface area (Å²) < 4.78 is 68.0. The van der Waals surface area contributed by atoms with E-state index in [0.29, 0.717) is 62.8 Å². The van der Waals surface area contributed by atoms with Crippen molar-refractivity contribution in [1.29, 1.82) is 0 Å². The van der Waals surface area contributed by atoms with Gasteiger partial charge in [-0.1, -0.05) is 43.2 Å². The summed E-state index contributed by atoms with van der Waals surface area (Å²) in [4.78, 5) is 63.4. The van der Waals surface area contributed by atoms with Gasteiger partial charge in [-0.15, -0.1) is 0 Å². The van der Waals surface area contributed by atoms with Crippen molar-refractivity contribution >= 4 is 44.7 Å². The van der Waals surface area contributed by atoms with E-state index in [-0.39, 0.29) is 38.6 Å². The molecule has 5 atom stereocenters. The van der Waals surface area contributed by atoms with Crippen LogP contribution in [0.1, 0.15) is 114 Å². The van der Waals surface area contributed by atoms with Crippen LogP contribution in [0.4, 0.5) is 13.6 Å². The van der Waals surface area contributed by atoms with E-state index in [1.807, 2.05) is 43.3 Å². The third-order valence-corrected chi connectivity index (χ3v) is 15.7. The lowest BCUT2D eigenvalue weighted by Crippen LogP contribution is -2.70. The van der Waals surface area contributed by atoms with E-state index in [1.165, 1.54) is 4.90 Å². The summed E-state index contributed by atoms with van der Waals surface area (Å²) in [5, 5.41) is 6.66. The van der Waals surface area contributed by atoms with Gasteiger partial charge in [0.25, 0.3) is 5.91 Å². The summed E-state index contributed by atoms with van der Waals surface area (Å²) in [5.41, 5.74) is -0.112. The Balaban J connectivity index is 1.11. The third kappa shape index (κ3) is 7.65. The van der Waals surface area contributed by atoms with Crippen molar-refractivity contribution in [3.63, 3.8) is 0 Å². The number of allylic oxidation sites excluding steroid dienone is 1. The molecular weight excluding hydrogens is 773 g/mol. The topological polar surface area (TPSA) is 173 Å². The quantitative estimate of drug-likeness (QED) is 0.322. The third-order valence-electron chi connectivity index (χ3n) is 13.6. The lowest BCUT2D eigenvalue weighted by molar-refractivity contribution is -0.144. The van der Waals surface area contributed by atoms with Crippen LogP contribution in [0.3, 0.4) is 0 Å². The fourth-order valence-corrected chi connectivity index (χ4v) is 10.8. The second-order valence-corrected chi connectivity index (χ2v) is 19.9. The zero-order chi connectivity index (χ0) is 41.1. The van der Waals surface area contributed by atoms with Gasteiger partial charge in [0.05, 0.1) is 22.5 Å². The summed E-state index contributed by atoms with van der Waals surface area (Å²) in [7, 11) is -4.03. The van der Waals surface area contributed by atoms with E-state index in [9.17, 15) is 36.4 Å². The van der Waals surface area contributed by atoms with Crippen molar-refractivity contribution in [3.05, 3.63) is 47.7 Å². The number of nitrogens with zero attached hydrogens (tertiary/aromatic N) is 2. The maximum atomic E-state index is 14.9. The van der Waals surface area contributed by atoms with E-state index in [1.54, 1.807) is 6.92 Å². The summed E-state index contributed by atoms with van der Waals surface area (Å²) in [6.45, 7) is 3.44. The zero-order valence-electron chi connectivity index (χ0n) is 33.1. The lowest BCUT2D eigenvalue weighted by atomic mass is 9.65. The van der Waals surface area contributed by atoms with Crippen LogP contribution in [0, 0.1) is 12.8 Å². The van der Waals surface area contributed by atoms with Crippen molar-refractivity contribution in [3.8, 4) is 5.75 Å². The number of benzene rings is 1. The average Bonchev–Trinajstić information content (AvgIpc) is 3.84. The monoisotopic (exact) mass is 825 g/mol. The first-order chi connectivity index (χ1) is 27.5. The van der Waals surface area contributed by atoms with Gasteiger partial charge in [0, 0.05) is 36.1 Å². The predicted molar refractivity (Wildman–Crippen MR) is 209 cm³/mol.